The summed E-state index contributed by atoms with van der Waals surface area (Å²) in [5.74, 6) is 0.926. The van der Waals surface area contributed by atoms with Crippen molar-refractivity contribution >= 4 is 23.4 Å². The van der Waals surface area contributed by atoms with E-state index in [1.165, 1.54) is 0 Å². The summed E-state index contributed by atoms with van der Waals surface area (Å²) in [6.45, 7) is 5.26. The first-order valence-electron chi connectivity index (χ1n) is 9.32. The highest BCUT2D eigenvalue weighted by Gasteiger charge is 2.53. The number of carbonyl (C=O) groups is 2. The van der Waals surface area contributed by atoms with Crippen LogP contribution in [0.25, 0.3) is 0 Å². The molecule has 1 spiro atoms. The van der Waals surface area contributed by atoms with Gasteiger partial charge in [-0.3, -0.25) is 9.59 Å². The second kappa shape index (κ2) is 6.68. The maximum Gasteiger partial charge on any atom is 0.251 e. The van der Waals surface area contributed by atoms with Crippen LogP contribution in [0.15, 0.2) is 30.6 Å². The quantitative estimate of drug-likeness (QED) is 0.878. The van der Waals surface area contributed by atoms with Gasteiger partial charge >= 0.3 is 0 Å². The van der Waals surface area contributed by atoms with Gasteiger partial charge in [0.05, 0.1) is 11.6 Å². The molecule has 1 fully saturated rings. The number of rotatable bonds is 4. The third-order valence-corrected chi connectivity index (χ3v) is 6.01. The van der Waals surface area contributed by atoms with Crippen molar-refractivity contribution < 1.29 is 9.59 Å². The molecule has 2 aromatic rings. The van der Waals surface area contributed by atoms with Crippen molar-refractivity contribution in [3.8, 4) is 0 Å². The lowest BCUT2D eigenvalue weighted by Gasteiger charge is -2.49. The second-order valence-electron chi connectivity index (χ2n) is 7.57. The van der Waals surface area contributed by atoms with Crippen molar-refractivity contribution in [2.45, 2.75) is 44.7 Å². The average molecular weight is 387 g/mol. The number of halogens is 1. The normalized spacial score (nSPS) is 19.7. The minimum atomic E-state index is -0.160. The smallest absolute Gasteiger partial charge is 0.251 e. The van der Waals surface area contributed by atoms with Crippen LogP contribution < -0.4 is 5.32 Å². The van der Waals surface area contributed by atoms with E-state index >= 15 is 0 Å². The standard InChI is InChI=1S/C20H23ClN4O2/c1-3-4-17(26)24-11-20(12-24)10-16(18-22-7-8-25(18)20)23-19(27)14-5-6-15(21)13(2)9-14/h5-9,16H,3-4,10-12H2,1-2H3,(H,23,27). The summed E-state index contributed by atoms with van der Waals surface area (Å²) < 4.78 is 2.14. The van der Waals surface area contributed by atoms with Gasteiger partial charge in [0, 0.05) is 48.9 Å². The van der Waals surface area contributed by atoms with Gasteiger partial charge in [-0.2, -0.15) is 0 Å². The van der Waals surface area contributed by atoms with E-state index < -0.39 is 0 Å². The number of aromatic nitrogens is 2. The van der Waals surface area contributed by atoms with Gasteiger partial charge in [0.2, 0.25) is 5.91 Å². The summed E-state index contributed by atoms with van der Waals surface area (Å²) in [7, 11) is 0. The first kappa shape index (κ1) is 18.0. The molecule has 1 unspecified atom stereocenters. The zero-order valence-electron chi connectivity index (χ0n) is 15.5. The van der Waals surface area contributed by atoms with E-state index in [0.29, 0.717) is 30.1 Å². The number of hydrogen-bond donors (Lipinski definition) is 1. The Morgan fingerprint density at radius 1 is 1.37 bits per heavy atom. The van der Waals surface area contributed by atoms with Crippen molar-refractivity contribution in [3.63, 3.8) is 0 Å². The fourth-order valence-electron chi connectivity index (χ4n) is 4.18. The molecule has 2 aliphatic heterocycles. The predicted molar refractivity (Wildman–Crippen MR) is 103 cm³/mol. The Balaban J connectivity index is 1.49. The van der Waals surface area contributed by atoms with Gasteiger partial charge in [0.25, 0.3) is 5.91 Å². The van der Waals surface area contributed by atoms with Crippen LogP contribution in [-0.2, 0) is 10.3 Å². The summed E-state index contributed by atoms with van der Waals surface area (Å²) in [5, 5.41) is 3.75. The summed E-state index contributed by atoms with van der Waals surface area (Å²) in [6.07, 6.45) is 5.92. The summed E-state index contributed by atoms with van der Waals surface area (Å²) in [4.78, 5) is 31.2. The Labute approximate surface area is 163 Å². The number of nitrogens with zero attached hydrogens (tertiary/aromatic N) is 3. The van der Waals surface area contributed by atoms with E-state index in [1.54, 1.807) is 24.4 Å². The lowest BCUT2D eigenvalue weighted by Crippen LogP contribution is -2.63. The number of fused-ring (bicyclic) bond motifs is 2. The Hall–Kier alpha value is -2.34. The Morgan fingerprint density at radius 3 is 2.85 bits per heavy atom. The van der Waals surface area contributed by atoms with Gasteiger partial charge in [-0.05, 0) is 37.1 Å². The number of nitrogens with one attached hydrogen (secondary N) is 1. The number of imidazole rings is 1. The molecule has 0 aliphatic carbocycles. The van der Waals surface area contributed by atoms with Crippen LogP contribution in [0.3, 0.4) is 0 Å². The number of benzene rings is 1. The SMILES string of the molecule is CCCC(=O)N1CC2(CC(NC(=O)c3ccc(Cl)c(C)c3)c3nccn32)C1. The van der Waals surface area contributed by atoms with E-state index in [9.17, 15) is 9.59 Å². The molecule has 0 saturated carbocycles. The Bertz CT molecular complexity index is 901. The number of hydrogen-bond acceptors (Lipinski definition) is 3. The molecule has 4 rings (SSSR count). The van der Waals surface area contributed by atoms with Gasteiger partial charge in [0.15, 0.2) is 0 Å². The van der Waals surface area contributed by atoms with Gasteiger partial charge in [0.1, 0.15) is 5.82 Å². The Kier molecular flexibility index (Phi) is 4.46. The maximum atomic E-state index is 12.7. The van der Waals surface area contributed by atoms with E-state index in [4.69, 9.17) is 11.6 Å². The van der Waals surface area contributed by atoms with Crippen LogP contribution in [0, 0.1) is 6.92 Å². The third kappa shape index (κ3) is 3.02. The molecule has 142 valence electrons. The molecule has 0 bridgehead atoms. The number of aryl methyl sites for hydroxylation is 1. The highest BCUT2D eigenvalue weighted by atomic mass is 35.5. The maximum absolute atomic E-state index is 12.7. The number of carbonyl (C=O) groups excluding carboxylic acids is 2. The molecular formula is C20H23ClN4O2. The van der Waals surface area contributed by atoms with Crippen LogP contribution in [0.5, 0.6) is 0 Å². The van der Waals surface area contributed by atoms with Gasteiger partial charge in [-0.25, -0.2) is 4.98 Å². The minimum Gasteiger partial charge on any atom is -0.342 e. The molecule has 0 radical (unpaired) electrons. The second-order valence-corrected chi connectivity index (χ2v) is 7.98. The molecule has 6 nitrogen and oxygen atoms in total. The first-order valence-corrected chi connectivity index (χ1v) is 9.70. The number of amides is 2. The van der Waals surface area contributed by atoms with Gasteiger partial charge in [-0.15, -0.1) is 0 Å². The van der Waals surface area contributed by atoms with Crippen molar-refractivity contribution in [2.24, 2.45) is 0 Å². The first-order chi connectivity index (χ1) is 12.9. The highest BCUT2D eigenvalue weighted by molar-refractivity contribution is 6.31. The molecule has 2 amide bonds. The molecule has 1 saturated heterocycles. The fraction of sp³-hybridized carbons (Fsp3) is 0.450. The molecule has 1 atom stereocenters. The van der Waals surface area contributed by atoms with Crippen molar-refractivity contribution in [2.75, 3.05) is 13.1 Å². The lowest BCUT2D eigenvalue weighted by molar-refractivity contribution is -0.142. The van der Waals surface area contributed by atoms with Gasteiger partial charge < -0.3 is 14.8 Å². The summed E-state index contributed by atoms with van der Waals surface area (Å²) in [6, 6.07) is 5.11. The van der Waals surface area contributed by atoms with Crippen molar-refractivity contribution in [1.82, 2.24) is 19.8 Å². The van der Waals surface area contributed by atoms with E-state index in [-0.39, 0.29) is 23.4 Å². The lowest BCUT2D eigenvalue weighted by atomic mass is 9.85. The van der Waals surface area contributed by atoms with Crippen molar-refractivity contribution in [1.29, 1.82) is 0 Å². The van der Waals surface area contributed by atoms with Crippen LogP contribution in [0.4, 0.5) is 0 Å². The molecule has 3 heterocycles. The van der Waals surface area contributed by atoms with Crippen LogP contribution >= 0.6 is 11.6 Å². The van der Waals surface area contributed by atoms with E-state index in [0.717, 1.165) is 24.2 Å². The summed E-state index contributed by atoms with van der Waals surface area (Å²) >= 11 is 6.06. The zero-order valence-corrected chi connectivity index (χ0v) is 16.3. The summed E-state index contributed by atoms with van der Waals surface area (Å²) in [5.41, 5.74) is 1.31. The van der Waals surface area contributed by atoms with Gasteiger partial charge in [-0.1, -0.05) is 18.5 Å². The topological polar surface area (TPSA) is 67.2 Å². The van der Waals surface area contributed by atoms with Crippen LogP contribution in [0.2, 0.25) is 5.02 Å². The van der Waals surface area contributed by atoms with Crippen molar-refractivity contribution in [3.05, 3.63) is 52.6 Å². The van der Waals surface area contributed by atoms with E-state index in [1.807, 2.05) is 24.9 Å². The molecule has 7 heteroatoms. The zero-order chi connectivity index (χ0) is 19.2. The molecular weight excluding hydrogens is 364 g/mol. The molecule has 1 N–H and O–H groups in total. The predicted octanol–water partition coefficient (Wildman–Crippen LogP) is 3.06. The number of likely N-dealkylation sites (tertiary alicyclic amines) is 1. The third-order valence-electron chi connectivity index (χ3n) is 5.59. The Morgan fingerprint density at radius 2 is 2.15 bits per heavy atom. The minimum absolute atomic E-state index is 0.135. The molecule has 27 heavy (non-hydrogen) atoms. The monoisotopic (exact) mass is 386 g/mol. The fourth-order valence-corrected chi connectivity index (χ4v) is 4.30. The van der Waals surface area contributed by atoms with Crippen LogP contribution in [0.1, 0.15) is 54.0 Å². The highest BCUT2D eigenvalue weighted by Crippen LogP contribution is 2.44. The molecule has 1 aromatic carbocycles. The van der Waals surface area contributed by atoms with E-state index in [2.05, 4.69) is 14.9 Å². The largest absolute Gasteiger partial charge is 0.342 e. The molecule has 2 aliphatic rings. The van der Waals surface area contributed by atoms with Crippen LogP contribution in [-0.4, -0.2) is 39.4 Å². The molecule has 1 aromatic heterocycles. The average Bonchev–Trinajstić information content (AvgIpc) is 3.18.